The van der Waals surface area contributed by atoms with E-state index in [0.29, 0.717) is 0 Å². The summed E-state index contributed by atoms with van der Waals surface area (Å²) in [6.07, 6.45) is 4.70. The first-order valence-electron chi connectivity index (χ1n) is 6.19. The van der Waals surface area contributed by atoms with Crippen LogP contribution in [-0.2, 0) is 0 Å². The van der Waals surface area contributed by atoms with Crippen LogP contribution in [0.5, 0.6) is 0 Å². The second-order valence-electron chi connectivity index (χ2n) is 4.54. The van der Waals surface area contributed by atoms with E-state index >= 15 is 0 Å². The first kappa shape index (κ1) is 12.0. The fraction of sp³-hybridized carbons (Fsp3) is 0.571. The van der Waals surface area contributed by atoms with Gasteiger partial charge in [-0.05, 0) is 55.3 Å². The van der Waals surface area contributed by atoms with Crippen LogP contribution in [0.1, 0.15) is 31.2 Å². The van der Waals surface area contributed by atoms with Crippen molar-refractivity contribution < 1.29 is 0 Å². The third-order valence-corrected chi connectivity index (χ3v) is 4.42. The lowest BCUT2D eigenvalue weighted by atomic mass is 9.80. The fourth-order valence-corrected chi connectivity index (χ4v) is 3.05. The first-order valence-corrected chi connectivity index (χ1v) is 7.42. The third-order valence-electron chi connectivity index (χ3n) is 3.68. The van der Waals surface area contributed by atoms with Crippen LogP contribution in [0.4, 0.5) is 0 Å². The highest BCUT2D eigenvalue weighted by Crippen LogP contribution is 2.32. The normalized spacial score (nSPS) is 25.6. The van der Waals surface area contributed by atoms with Gasteiger partial charge >= 0.3 is 0 Å². The summed E-state index contributed by atoms with van der Waals surface area (Å²) >= 11 is 1.82. The predicted octanol–water partition coefficient (Wildman–Crippen LogP) is 3.51. The number of piperidine rings is 1. The number of nitrogens with one attached hydrogen (secondary N) is 1. The summed E-state index contributed by atoms with van der Waals surface area (Å²) in [5.74, 6) is 1.58. The van der Waals surface area contributed by atoms with Gasteiger partial charge in [0.1, 0.15) is 0 Å². The lowest BCUT2D eigenvalue weighted by Crippen LogP contribution is -2.35. The lowest BCUT2D eigenvalue weighted by Gasteiger charge is -2.32. The molecule has 2 unspecified atom stereocenters. The van der Waals surface area contributed by atoms with Crippen molar-refractivity contribution in [2.75, 3.05) is 19.3 Å². The van der Waals surface area contributed by atoms with E-state index in [9.17, 15) is 0 Å². The maximum atomic E-state index is 3.50. The van der Waals surface area contributed by atoms with Crippen LogP contribution in [0.15, 0.2) is 29.2 Å². The van der Waals surface area contributed by atoms with Gasteiger partial charge in [-0.1, -0.05) is 25.5 Å². The Hall–Kier alpha value is -0.470. The standard InChI is InChI=1S/C14H21NS/c1-3-11-10-15-9-8-14(11)12-4-6-13(16-2)7-5-12/h4-7,11,14-15H,3,8-10H2,1-2H3. The van der Waals surface area contributed by atoms with Crippen molar-refractivity contribution in [2.24, 2.45) is 5.92 Å². The van der Waals surface area contributed by atoms with E-state index < -0.39 is 0 Å². The molecule has 0 amide bonds. The van der Waals surface area contributed by atoms with Gasteiger partial charge in [-0.2, -0.15) is 0 Å². The van der Waals surface area contributed by atoms with Crippen molar-refractivity contribution in [3.8, 4) is 0 Å². The molecule has 16 heavy (non-hydrogen) atoms. The molecule has 0 spiro atoms. The summed E-state index contributed by atoms with van der Waals surface area (Å²) in [6.45, 7) is 4.66. The number of rotatable bonds is 3. The Morgan fingerprint density at radius 2 is 2.06 bits per heavy atom. The molecule has 0 bridgehead atoms. The average Bonchev–Trinajstić information content (AvgIpc) is 2.39. The minimum absolute atomic E-state index is 0.766. The Morgan fingerprint density at radius 3 is 2.69 bits per heavy atom. The summed E-state index contributed by atoms with van der Waals surface area (Å²) in [5, 5.41) is 3.50. The van der Waals surface area contributed by atoms with Crippen molar-refractivity contribution in [3.05, 3.63) is 29.8 Å². The number of thioether (sulfide) groups is 1. The lowest BCUT2D eigenvalue weighted by molar-refractivity contribution is 0.318. The second kappa shape index (κ2) is 5.74. The molecule has 1 heterocycles. The SMILES string of the molecule is CCC1CNCCC1c1ccc(SC)cc1. The van der Waals surface area contributed by atoms with Crippen LogP contribution in [0.25, 0.3) is 0 Å². The van der Waals surface area contributed by atoms with E-state index in [0.717, 1.165) is 11.8 Å². The van der Waals surface area contributed by atoms with E-state index in [1.54, 1.807) is 0 Å². The smallest absolute Gasteiger partial charge is 0.00693 e. The molecule has 0 radical (unpaired) electrons. The Morgan fingerprint density at radius 1 is 1.31 bits per heavy atom. The minimum atomic E-state index is 0.766. The van der Waals surface area contributed by atoms with Crippen LogP contribution in [-0.4, -0.2) is 19.3 Å². The van der Waals surface area contributed by atoms with Crippen molar-refractivity contribution >= 4 is 11.8 Å². The minimum Gasteiger partial charge on any atom is -0.316 e. The van der Waals surface area contributed by atoms with Gasteiger partial charge in [0, 0.05) is 4.90 Å². The average molecular weight is 235 g/mol. The molecule has 1 aromatic carbocycles. The van der Waals surface area contributed by atoms with Crippen molar-refractivity contribution in [2.45, 2.75) is 30.6 Å². The number of hydrogen-bond acceptors (Lipinski definition) is 2. The fourth-order valence-electron chi connectivity index (χ4n) is 2.64. The van der Waals surface area contributed by atoms with Gasteiger partial charge in [0.05, 0.1) is 0 Å². The van der Waals surface area contributed by atoms with Gasteiger partial charge in [0.15, 0.2) is 0 Å². The quantitative estimate of drug-likeness (QED) is 0.805. The van der Waals surface area contributed by atoms with Gasteiger partial charge < -0.3 is 5.32 Å². The van der Waals surface area contributed by atoms with Crippen LogP contribution in [0.2, 0.25) is 0 Å². The molecule has 1 N–H and O–H groups in total. The zero-order chi connectivity index (χ0) is 11.4. The van der Waals surface area contributed by atoms with Crippen LogP contribution >= 0.6 is 11.8 Å². The number of benzene rings is 1. The molecule has 2 atom stereocenters. The molecule has 1 aliphatic rings. The van der Waals surface area contributed by atoms with Gasteiger partial charge in [-0.15, -0.1) is 11.8 Å². The van der Waals surface area contributed by atoms with E-state index in [2.05, 4.69) is 42.8 Å². The molecule has 1 aliphatic heterocycles. The molecule has 2 rings (SSSR count). The second-order valence-corrected chi connectivity index (χ2v) is 5.42. The number of hydrogen-bond donors (Lipinski definition) is 1. The molecule has 0 aromatic heterocycles. The highest BCUT2D eigenvalue weighted by atomic mass is 32.2. The van der Waals surface area contributed by atoms with Crippen molar-refractivity contribution in [1.82, 2.24) is 5.32 Å². The zero-order valence-electron chi connectivity index (χ0n) is 10.2. The Balaban J connectivity index is 2.14. The molecule has 1 aromatic rings. The van der Waals surface area contributed by atoms with Crippen LogP contribution in [0, 0.1) is 5.92 Å². The van der Waals surface area contributed by atoms with Crippen molar-refractivity contribution in [1.29, 1.82) is 0 Å². The van der Waals surface area contributed by atoms with E-state index in [1.165, 1.54) is 36.4 Å². The van der Waals surface area contributed by atoms with E-state index in [-0.39, 0.29) is 0 Å². The van der Waals surface area contributed by atoms with E-state index in [4.69, 9.17) is 0 Å². The molecule has 0 aliphatic carbocycles. The molecule has 88 valence electrons. The van der Waals surface area contributed by atoms with Crippen LogP contribution in [0.3, 0.4) is 0 Å². The van der Waals surface area contributed by atoms with Gasteiger partial charge in [-0.25, -0.2) is 0 Å². The predicted molar refractivity (Wildman–Crippen MR) is 72.2 cm³/mol. The summed E-state index contributed by atoms with van der Waals surface area (Å²) in [6, 6.07) is 9.17. The molecule has 1 nitrogen and oxygen atoms in total. The Bertz CT molecular complexity index is 320. The van der Waals surface area contributed by atoms with Crippen molar-refractivity contribution in [3.63, 3.8) is 0 Å². The van der Waals surface area contributed by atoms with Gasteiger partial charge in [0.2, 0.25) is 0 Å². The maximum absolute atomic E-state index is 3.50. The highest BCUT2D eigenvalue weighted by Gasteiger charge is 2.24. The maximum Gasteiger partial charge on any atom is 0.00693 e. The molecule has 2 heteroatoms. The monoisotopic (exact) mass is 235 g/mol. The Kier molecular flexibility index (Phi) is 4.30. The molecule has 1 fully saturated rings. The van der Waals surface area contributed by atoms with Gasteiger partial charge in [0.25, 0.3) is 0 Å². The third kappa shape index (κ3) is 2.61. The molecule has 1 saturated heterocycles. The van der Waals surface area contributed by atoms with Crippen LogP contribution < -0.4 is 5.32 Å². The zero-order valence-corrected chi connectivity index (χ0v) is 11.0. The molecular weight excluding hydrogens is 214 g/mol. The Labute approximate surface area is 103 Å². The highest BCUT2D eigenvalue weighted by molar-refractivity contribution is 7.98. The summed E-state index contributed by atoms with van der Waals surface area (Å²) < 4.78 is 0. The summed E-state index contributed by atoms with van der Waals surface area (Å²) in [4.78, 5) is 1.37. The largest absolute Gasteiger partial charge is 0.316 e. The topological polar surface area (TPSA) is 12.0 Å². The molecule has 0 saturated carbocycles. The summed E-state index contributed by atoms with van der Waals surface area (Å²) in [5.41, 5.74) is 1.53. The molecular formula is C14H21NS. The first-order chi connectivity index (χ1) is 7.85. The van der Waals surface area contributed by atoms with Gasteiger partial charge in [-0.3, -0.25) is 0 Å². The summed E-state index contributed by atoms with van der Waals surface area (Å²) in [7, 11) is 0. The van der Waals surface area contributed by atoms with E-state index in [1.807, 2.05) is 11.8 Å².